The Morgan fingerprint density at radius 2 is 1.20 bits per heavy atom. The highest BCUT2D eigenvalue weighted by molar-refractivity contribution is 5.84. The van der Waals surface area contributed by atoms with E-state index in [1.54, 1.807) is 0 Å². The zero-order valence-corrected chi connectivity index (χ0v) is 19.3. The van der Waals surface area contributed by atoms with Crippen molar-refractivity contribution in [3.05, 3.63) is 59.7 Å². The molecule has 2 aromatic carbocycles. The molecule has 0 spiro atoms. The Hall–Kier alpha value is -3.08. The van der Waals surface area contributed by atoms with Crippen molar-refractivity contribution in [1.29, 1.82) is 0 Å². The van der Waals surface area contributed by atoms with Gasteiger partial charge in [0, 0.05) is 29.6 Å². The molecule has 5 nitrogen and oxygen atoms in total. The second-order valence-corrected chi connectivity index (χ2v) is 7.77. The summed E-state index contributed by atoms with van der Waals surface area (Å²) >= 11 is 0. The third-order valence-electron chi connectivity index (χ3n) is 4.53. The van der Waals surface area contributed by atoms with Crippen LogP contribution in [0.4, 0.5) is 0 Å². The van der Waals surface area contributed by atoms with Gasteiger partial charge in [-0.15, -0.1) is 10.2 Å². The number of rotatable bonds is 5. The summed E-state index contributed by atoms with van der Waals surface area (Å²) in [4.78, 5) is 0. The van der Waals surface area contributed by atoms with Gasteiger partial charge in [-0.2, -0.15) is 10.2 Å². The molecule has 0 N–H and O–H groups in total. The number of nitrogens with zero attached hydrogens (tertiary/aromatic N) is 5. The molecule has 3 rings (SSSR count). The van der Waals surface area contributed by atoms with Crippen molar-refractivity contribution in [1.82, 2.24) is 14.8 Å². The fourth-order valence-corrected chi connectivity index (χ4v) is 2.83. The van der Waals surface area contributed by atoms with E-state index in [1.165, 1.54) is 11.1 Å². The van der Waals surface area contributed by atoms with E-state index in [2.05, 4.69) is 89.7 Å². The van der Waals surface area contributed by atoms with Crippen LogP contribution in [0.2, 0.25) is 0 Å². The van der Waals surface area contributed by atoms with E-state index >= 15 is 0 Å². The van der Waals surface area contributed by atoms with Crippen molar-refractivity contribution >= 4 is 11.4 Å². The van der Waals surface area contributed by atoms with Gasteiger partial charge in [0.1, 0.15) is 0 Å². The molecule has 0 bridgehead atoms. The van der Waals surface area contributed by atoms with Gasteiger partial charge in [-0.1, -0.05) is 73.0 Å². The van der Waals surface area contributed by atoms with Gasteiger partial charge in [0.15, 0.2) is 11.6 Å². The molecule has 0 aliphatic heterocycles. The Balaban J connectivity index is 0.000000274. The van der Waals surface area contributed by atoms with Crippen molar-refractivity contribution in [2.45, 2.75) is 54.4 Å². The molecule has 0 radical (unpaired) electrons. The first-order valence-corrected chi connectivity index (χ1v) is 10.4. The molecule has 30 heavy (non-hydrogen) atoms. The lowest BCUT2D eigenvalue weighted by molar-refractivity contribution is 0.929. The van der Waals surface area contributed by atoms with Crippen LogP contribution in [0, 0.1) is 13.8 Å². The molecular weight excluding hydrogens is 370 g/mol. The molecule has 1 heterocycles. The number of aryl methyl sites for hydroxylation is 2. The van der Waals surface area contributed by atoms with Gasteiger partial charge in [0.05, 0.1) is 0 Å². The smallest absolute Gasteiger partial charge is 0.163 e. The Labute approximate surface area is 180 Å². The first-order valence-electron chi connectivity index (χ1n) is 10.4. The van der Waals surface area contributed by atoms with E-state index in [-0.39, 0.29) is 0 Å². The van der Waals surface area contributed by atoms with Crippen LogP contribution in [0.1, 0.15) is 51.7 Å². The number of benzene rings is 2. The predicted molar refractivity (Wildman–Crippen MR) is 128 cm³/mol. The zero-order chi connectivity index (χ0) is 22.1. The first kappa shape index (κ1) is 23.2. The van der Waals surface area contributed by atoms with E-state index in [4.69, 9.17) is 0 Å². The SMILES string of the molecule is CCC/C(C)=N\N=C(C)C.Cc1ccc(-c2nnc(-c3ccc(C)cc3)n2C)cc1. The molecule has 0 saturated heterocycles. The van der Waals surface area contributed by atoms with E-state index < -0.39 is 0 Å². The lowest BCUT2D eigenvalue weighted by Gasteiger charge is -2.05. The minimum absolute atomic E-state index is 0.889. The van der Waals surface area contributed by atoms with Crippen LogP contribution in [-0.2, 0) is 7.05 Å². The van der Waals surface area contributed by atoms with Crippen LogP contribution >= 0.6 is 0 Å². The van der Waals surface area contributed by atoms with Crippen LogP contribution in [0.25, 0.3) is 22.8 Å². The summed E-state index contributed by atoms with van der Waals surface area (Å²) in [5, 5.41) is 16.6. The van der Waals surface area contributed by atoms with E-state index in [0.29, 0.717) is 0 Å². The van der Waals surface area contributed by atoms with Crippen molar-refractivity contribution in [3.8, 4) is 22.8 Å². The summed E-state index contributed by atoms with van der Waals surface area (Å²) < 4.78 is 2.04. The molecular formula is C25H33N5. The van der Waals surface area contributed by atoms with Gasteiger partial charge < -0.3 is 4.57 Å². The molecule has 158 valence electrons. The summed E-state index contributed by atoms with van der Waals surface area (Å²) in [5.41, 5.74) is 6.79. The Morgan fingerprint density at radius 1 is 0.767 bits per heavy atom. The van der Waals surface area contributed by atoms with Crippen molar-refractivity contribution in [2.24, 2.45) is 17.3 Å². The largest absolute Gasteiger partial charge is 0.310 e. The molecule has 1 aromatic heterocycles. The van der Waals surface area contributed by atoms with Gasteiger partial charge in [-0.25, -0.2) is 0 Å². The van der Waals surface area contributed by atoms with E-state index in [1.807, 2.05) is 32.4 Å². The Kier molecular flexibility index (Phi) is 8.66. The third kappa shape index (κ3) is 6.76. The average molecular weight is 404 g/mol. The van der Waals surface area contributed by atoms with Crippen LogP contribution in [0.5, 0.6) is 0 Å². The summed E-state index contributed by atoms with van der Waals surface area (Å²) in [7, 11) is 2.00. The molecule has 0 amide bonds. The van der Waals surface area contributed by atoms with Gasteiger partial charge in [-0.3, -0.25) is 0 Å². The highest BCUT2D eigenvalue weighted by Gasteiger charge is 2.11. The van der Waals surface area contributed by atoms with Crippen LogP contribution < -0.4 is 0 Å². The normalized spacial score (nSPS) is 11.0. The van der Waals surface area contributed by atoms with E-state index in [0.717, 1.165) is 47.0 Å². The lowest BCUT2D eigenvalue weighted by atomic mass is 10.1. The minimum atomic E-state index is 0.889. The fraction of sp³-hybridized carbons (Fsp3) is 0.360. The molecule has 0 aliphatic rings. The highest BCUT2D eigenvalue weighted by Crippen LogP contribution is 2.23. The summed E-state index contributed by atoms with van der Waals surface area (Å²) in [6.07, 6.45) is 2.20. The molecule has 0 aliphatic carbocycles. The summed E-state index contributed by atoms with van der Waals surface area (Å²) in [5.74, 6) is 1.78. The molecule has 0 fully saturated rings. The topological polar surface area (TPSA) is 55.4 Å². The Bertz CT molecular complexity index is 926. The number of hydrogen-bond donors (Lipinski definition) is 0. The standard InChI is InChI=1S/C17H17N3.C8H16N2/c1-12-4-8-14(9-5-12)16-18-19-17(20(16)3)15-10-6-13(2)7-11-15;1-5-6-8(4)10-9-7(2)3/h4-11H,1-3H3;5-6H2,1-4H3/b;10-8-. The Morgan fingerprint density at radius 3 is 1.57 bits per heavy atom. The van der Waals surface area contributed by atoms with Crippen LogP contribution in [0.3, 0.4) is 0 Å². The maximum atomic E-state index is 4.33. The molecule has 0 saturated carbocycles. The number of aromatic nitrogens is 3. The maximum absolute atomic E-state index is 4.33. The van der Waals surface area contributed by atoms with Gasteiger partial charge in [0.2, 0.25) is 0 Å². The predicted octanol–water partition coefficient (Wildman–Crippen LogP) is 6.41. The van der Waals surface area contributed by atoms with Crippen LogP contribution in [0.15, 0.2) is 58.7 Å². The zero-order valence-electron chi connectivity index (χ0n) is 19.3. The average Bonchev–Trinajstić information content (AvgIpc) is 3.10. The second-order valence-electron chi connectivity index (χ2n) is 7.77. The summed E-state index contributed by atoms with van der Waals surface area (Å²) in [6, 6.07) is 16.7. The van der Waals surface area contributed by atoms with Crippen molar-refractivity contribution in [2.75, 3.05) is 0 Å². The fourth-order valence-electron chi connectivity index (χ4n) is 2.83. The van der Waals surface area contributed by atoms with Crippen LogP contribution in [-0.4, -0.2) is 26.2 Å². The first-order chi connectivity index (χ1) is 14.3. The molecule has 5 heteroatoms. The molecule has 0 unspecified atom stereocenters. The van der Waals surface area contributed by atoms with Crippen molar-refractivity contribution in [3.63, 3.8) is 0 Å². The summed E-state index contributed by atoms with van der Waals surface area (Å²) in [6.45, 7) is 12.2. The van der Waals surface area contributed by atoms with E-state index in [9.17, 15) is 0 Å². The van der Waals surface area contributed by atoms with Gasteiger partial charge in [-0.05, 0) is 41.0 Å². The monoisotopic (exact) mass is 403 g/mol. The third-order valence-corrected chi connectivity index (χ3v) is 4.53. The molecule has 0 atom stereocenters. The lowest BCUT2D eigenvalue weighted by Crippen LogP contribution is -1.95. The second kappa shape index (κ2) is 11.2. The molecule has 3 aromatic rings. The van der Waals surface area contributed by atoms with Gasteiger partial charge >= 0.3 is 0 Å². The van der Waals surface area contributed by atoms with Crippen molar-refractivity contribution < 1.29 is 0 Å². The highest BCUT2D eigenvalue weighted by atomic mass is 15.3. The van der Waals surface area contributed by atoms with Gasteiger partial charge in [0.25, 0.3) is 0 Å². The quantitative estimate of drug-likeness (QED) is 0.365. The number of hydrogen-bond acceptors (Lipinski definition) is 4. The minimum Gasteiger partial charge on any atom is -0.310 e. The maximum Gasteiger partial charge on any atom is 0.163 e.